The molecule has 8 heteroatoms. The van der Waals surface area contributed by atoms with Gasteiger partial charge in [-0.3, -0.25) is 4.79 Å². The molecule has 0 saturated heterocycles. The molecule has 1 aromatic carbocycles. The number of carbonyl (C=O) groups excluding carboxylic acids is 1. The number of amides is 1. The van der Waals surface area contributed by atoms with Crippen molar-refractivity contribution in [1.82, 2.24) is 19.7 Å². The molecule has 138 valence electrons. The molecular formula is C19H18ClN5OS. The van der Waals surface area contributed by atoms with Gasteiger partial charge in [0.15, 0.2) is 10.3 Å². The van der Waals surface area contributed by atoms with Crippen LogP contribution in [-0.4, -0.2) is 31.4 Å². The van der Waals surface area contributed by atoms with Gasteiger partial charge in [0.2, 0.25) is 5.91 Å². The number of halogens is 1. The number of nitrogens with zero attached hydrogens (tertiary/aromatic N) is 4. The van der Waals surface area contributed by atoms with Crippen LogP contribution in [0.25, 0.3) is 0 Å². The monoisotopic (exact) mass is 399 g/mol. The fourth-order valence-corrected chi connectivity index (χ4v) is 4.00. The number of aromatic nitrogens is 4. The summed E-state index contributed by atoms with van der Waals surface area (Å²) in [7, 11) is 1.95. The molecule has 2 aromatic heterocycles. The molecule has 1 amide bonds. The highest BCUT2D eigenvalue weighted by Crippen LogP contribution is 2.54. The summed E-state index contributed by atoms with van der Waals surface area (Å²) in [5.74, 6) is 1.93. The van der Waals surface area contributed by atoms with Crippen molar-refractivity contribution in [3.05, 3.63) is 65.2 Å². The van der Waals surface area contributed by atoms with Gasteiger partial charge in [0, 0.05) is 19.2 Å². The molecule has 1 fully saturated rings. The van der Waals surface area contributed by atoms with Crippen LogP contribution in [0.1, 0.15) is 29.6 Å². The second kappa shape index (κ2) is 7.70. The third kappa shape index (κ3) is 3.99. The largest absolute Gasteiger partial charge is 0.323 e. The van der Waals surface area contributed by atoms with Gasteiger partial charge in [-0.15, -0.1) is 10.2 Å². The van der Waals surface area contributed by atoms with Gasteiger partial charge in [0.05, 0.1) is 11.4 Å². The predicted octanol–water partition coefficient (Wildman–Crippen LogP) is 3.87. The highest BCUT2D eigenvalue weighted by Gasteiger charge is 2.42. The third-order valence-corrected chi connectivity index (χ3v) is 5.91. The highest BCUT2D eigenvalue weighted by molar-refractivity contribution is 7.99. The summed E-state index contributed by atoms with van der Waals surface area (Å²) in [5, 5.41) is 12.4. The quantitative estimate of drug-likeness (QED) is 0.503. The molecule has 0 aliphatic heterocycles. The minimum Gasteiger partial charge on any atom is -0.323 e. The average Bonchev–Trinajstić information content (AvgIpc) is 3.39. The molecular weight excluding hydrogens is 382 g/mol. The van der Waals surface area contributed by atoms with Crippen molar-refractivity contribution in [2.24, 2.45) is 7.05 Å². The van der Waals surface area contributed by atoms with E-state index in [2.05, 4.69) is 44.8 Å². The normalized spacial score (nSPS) is 18.3. The van der Waals surface area contributed by atoms with Crippen LogP contribution >= 0.6 is 23.4 Å². The second-order valence-corrected chi connectivity index (χ2v) is 7.74. The Morgan fingerprint density at radius 2 is 2.04 bits per heavy atom. The number of anilines is 1. The van der Waals surface area contributed by atoms with E-state index in [1.165, 1.54) is 17.3 Å². The predicted molar refractivity (Wildman–Crippen MR) is 106 cm³/mol. The van der Waals surface area contributed by atoms with Gasteiger partial charge in [-0.25, -0.2) is 4.98 Å². The number of benzene rings is 1. The van der Waals surface area contributed by atoms with Crippen LogP contribution in [0.4, 0.5) is 5.69 Å². The minimum atomic E-state index is -0.159. The molecule has 0 radical (unpaired) electrons. The molecule has 1 aliphatic carbocycles. The van der Waals surface area contributed by atoms with Gasteiger partial charge >= 0.3 is 0 Å². The number of thioether (sulfide) groups is 1. The first kappa shape index (κ1) is 18.0. The maximum absolute atomic E-state index is 12.2. The van der Waals surface area contributed by atoms with Gasteiger partial charge in [0.1, 0.15) is 5.82 Å². The van der Waals surface area contributed by atoms with E-state index in [1.807, 2.05) is 17.7 Å². The lowest BCUT2D eigenvalue weighted by atomic mass is 10.1. The van der Waals surface area contributed by atoms with Gasteiger partial charge in [0.25, 0.3) is 0 Å². The SMILES string of the molecule is Cn1c(SCC(=O)Nc2cccnc2Cl)nnc1C1CC1c1ccccc1. The molecule has 2 heterocycles. The van der Waals surface area contributed by atoms with Crippen molar-refractivity contribution in [2.75, 3.05) is 11.1 Å². The van der Waals surface area contributed by atoms with E-state index in [1.54, 1.807) is 18.3 Å². The summed E-state index contributed by atoms with van der Waals surface area (Å²) in [6.45, 7) is 0. The molecule has 2 atom stereocenters. The summed E-state index contributed by atoms with van der Waals surface area (Å²) in [6, 6.07) is 13.9. The van der Waals surface area contributed by atoms with Gasteiger partial charge < -0.3 is 9.88 Å². The van der Waals surface area contributed by atoms with Crippen LogP contribution in [0, 0.1) is 0 Å². The molecule has 3 aromatic rings. The molecule has 6 nitrogen and oxygen atoms in total. The van der Waals surface area contributed by atoms with Crippen molar-refractivity contribution in [2.45, 2.75) is 23.4 Å². The maximum atomic E-state index is 12.2. The lowest BCUT2D eigenvalue weighted by Crippen LogP contribution is -2.15. The van der Waals surface area contributed by atoms with Crippen LogP contribution in [0.15, 0.2) is 53.8 Å². The fourth-order valence-electron chi connectivity index (χ4n) is 3.12. The Balaban J connectivity index is 1.36. The minimum absolute atomic E-state index is 0.159. The van der Waals surface area contributed by atoms with Crippen molar-refractivity contribution in [1.29, 1.82) is 0 Å². The summed E-state index contributed by atoms with van der Waals surface area (Å²) >= 11 is 7.32. The van der Waals surface area contributed by atoms with Crippen molar-refractivity contribution >= 4 is 35.0 Å². The van der Waals surface area contributed by atoms with Crippen molar-refractivity contribution in [3.63, 3.8) is 0 Å². The number of hydrogen-bond donors (Lipinski definition) is 1. The van der Waals surface area contributed by atoms with E-state index in [0.717, 1.165) is 17.4 Å². The molecule has 2 unspecified atom stereocenters. The molecule has 1 aliphatic rings. The Morgan fingerprint density at radius 3 is 2.81 bits per heavy atom. The standard InChI is InChI=1S/C19H18ClN5OS/c1-25-18(14-10-13(14)12-6-3-2-4-7-12)23-24-19(25)27-11-16(26)22-15-8-5-9-21-17(15)20/h2-9,13-14H,10-11H2,1H3,(H,22,26). The van der Waals surface area contributed by atoms with Gasteiger partial charge in [-0.05, 0) is 30.0 Å². The summed E-state index contributed by atoms with van der Waals surface area (Å²) < 4.78 is 1.99. The molecule has 0 spiro atoms. The number of rotatable bonds is 6. The summed E-state index contributed by atoms with van der Waals surface area (Å²) in [4.78, 5) is 16.1. The zero-order chi connectivity index (χ0) is 18.8. The Morgan fingerprint density at radius 1 is 1.22 bits per heavy atom. The third-order valence-electron chi connectivity index (χ3n) is 4.58. The van der Waals surface area contributed by atoms with Gasteiger partial charge in [-0.1, -0.05) is 53.7 Å². The van der Waals surface area contributed by atoms with Crippen molar-refractivity contribution < 1.29 is 4.79 Å². The van der Waals surface area contributed by atoms with Crippen LogP contribution in [0.5, 0.6) is 0 Å². The van der Waals surface area contributed by atoms with E-state index < -0.39 is 0 Å². The second-order valence-electron chi connectivity index (χ2n) is 6.44. The van der Waals surface area contributed by atoms with Crippen LogP contribution < -0.4 is 5.32 Å². The van der Waals surface area contributed by atoms with E-state index in [9.17, 15) is 4.79 Å². The zero-order valence-corrected chi connectivity index (χ0v) is 16.2. The molecule has 1 N–H and O–H groups in total. The topological polar surface area (TPSA) is 72.7 Å². The number of nitrogens with one attached hydrogen (secondary N) is 1. The van der Waals surface area contributed by atoms with Crippen molar-refractivity contribution in [3.8, 4) is 0 Å². The van der Waals surface area contributed by atoms with E-state index in [0.29, 0.717) is 17.5 Å². The van der Waals surface area contributed by atoms with Gasteiger partial charge in [-0.2, -0.15) is 0 Å². The number of pyridine rings is 1. The first-order valence-corrected chi connectivity index (χ1v) is 9.97. The first-order valence-electron chi connectivity index (χ1n) is 8.61. The molecule has 1 saturated carbocycles. The Hall–Kier alpha value is -2.38. The Labute approximate surface area is 166 Å². The van der Waals surface area contributed by atoms with Crippen LogP contribution in [-0.2, 0) is 11.8 Å². The maximum Gasteiger partial charge on any atom is 0.234 e. The van der Waals surface area contributed by atoms with Crippen LogP contribution in [0.2, 0.25) is 5.15 Å². The lowest BCUT2D eigenvalue weighted by Gasteiger charge is -2.06. The highest BCUT2D eigenvalue weighted by atomic mass is 35.5. The number of hydrogen-bond acceptors (Lipinski definition) is 5. The summed E-state index contributed by atoms with van der Waals surface area (Å²) in [5.41, 5.74) is 1.85. The molecule has 0 bridgehead atoms. The summed E-state index contributed by atoms with van der Waals surface area (Å²) in [6.07, 6.45) is 2.66. The fraction of sp³-hybridized carbons (Fsp3) is 0.263. The lowest BCUT2D eigenvalue weighted by molar-refractivity contribution is -0.113. The first-order chi connectivity index (χ1) is 13.1. The Bertz CT molecular complexity index is 962. The zero-order valence-electron chi connectivity index (χ0n) is 14.7. The Kier molecular flexibility index (Phi) is 5.13. The molecule has 4 rings (SSSR count). The smallest absolute Gasteiger partial charge is 0.234 e. The van der Waals surface area contributed by atoms with E-state index in [-0.39, 0.29) is 16.8 Å². The van der Waals surface area contributed by atoms with E-state index in [4.69, 9.17) is 11.6 Å². The van der Waals surface area contributed by atoms with E-state index >= 15 is 0 Å². The molecule has 27 heavy (non-hydrogen) atoms. The van der Waals surface area contributed by atoms with Crippen LogP contribution in [0.3, 0.4) is 0 Å². The average molecular weight is 400 g/mol. The number of carbonyl (C=O) groups is 1.